The first kappa shape index (κ1) is 20.5. The van der Waals surface area contributed by atoms with Crippen molar-refractivity contribution in [2.45, 2.75) is 26.0 Å². The number of carbonyl (C=O) groups is 2. The summed E-state index contributed by atoms with van der Waals surface area (Å²) in [6.07, 6.45) is 3.15. The van der Waals surface area contributed by atoms with Crippen LogP contribution >= 0.6 is 0 Å². The highest BCUT2D eigenvalue weighted by atomic mass is 16.5. The number of aliphatic hydroxyl groups is 1. The third kappa shape index (κ3) is 4.30. The maximum atomic E-state index is 12.8. The first-order valence-electron chi connectivity index (χ1n) is 9.38. The number of nitrogens with zero attached hydrogens (tertiary/aromatic N) is 2. The molecule has 1 aromatic heterocycles. The molecule has 1 aliphatic rings. The zero-order chi connectivity index (χ0) is 21.0. The summed E-state index contributed by atoms with van der Waals surface area (Å²) in [5.41, 5.74) is 1.07. The molecule has 0 saturated carbocycles. The molecule has 7 nitrogen and oxygen atoms in total. The van der Waals surface area contributed by atoms with E-state index in [1.54, 1.807) is 48.8 Å². The van der Waals surface area contributed by atoms with E-state index in [0.717, 1.165) is 0 Å². The molecule has 1 aliphatic heterocycles. The average Bonchev–Trinajstić information content (AvgIpc) is 2.96. The molecule has 0 bridgehead atoms. The summed E-state index contributed by atoms with van der Waals surface area (Å²) >= 11 is 0. The van der Waals surface area contributed by atoms with E-state index >= 15 is 0 Å². The van der Waals surface area contributed by atoms with Gasteiger partial charge in [0.2, 0.25) is 0 Å². The lowest BCUT2D eigenvalue weighted by atomic mass is 9.96. The number of ether oxygens (including phenoxy) is 2. The molecule has 152 valence electrons. The van der Waals surface area contributed by atoms with E-state index in [1.165, 1.54) is 12.0 Å². The molecule has 1 fully saturated rings. The van der Waals surface area contributed by atoms with Gasteiger partial charge < -0.3 is 19.5 Å². The van der Waals surface area contributed by atoms with Gasteiger partial charge >= 0.3 is 0 Å². The quantitative estimate of drug-likeness (QED) is 0.440. The van der Waals surface area contributed by atoms with Crippen LogP contribution in [-0.2, 0) is 14.3 Å². The standard InChI is InChI=1S/C22H24N2O5/c1-14(2)29-17-8-4-6-15(12-17)20(25)18-19(16-7-5-9-23-13-16)24(10-11-28-3)22(27)21(18)26/h4-9,12-14,19,25H,10-11H2,1-3H3/b20-18-. The zero-order valence-corrected chi connectivity index (χ0v) is 16.7. The number of methoxy groups -OCH3 is 1. The number of carbonyl (C=O) groups excluding carboxylic acids is 2. The first-order valence-corrected chi connectivity index (χ1v) is 9.38. The van der Waals surface area contributed by atoms with E-state index in [9.17, 15) is 14.7 Å². The SMILES string of the molecule is COCCN1C(=O)C(=O)/C(=C(\O)c2cccc(OC(C)C)c2)C1c1cccnc1. The van der Waals surface area contributed by atoms with Crippen LogP contribution in [0.25, 0.3) is 5.76 Å². The van der Waals surface area contributed by atoms with Gasteiger partial charge in [0.25, 0.3) is 11.7 Å². The van der Waals surface area contributed by atoms with Crippen molar-refractivity contribution in [2.24, 2.45) is 0 Å². The van der Waals surface area contributed by atoms with E-state index < -0.39 is 17.7 Å². The third-order valence-electron chi connectivity index (χ3n) is 4.56. The minimum atomic E-state index is -0.742. The Morgan fingerprint density at radius 3 is 2.69 bits per heavy atom. The van der Waals surface area contributed by atoms with Gasteiger partial charge in [-0.3, -0.25) is 14.6 Å². The Hall–Kier alpha value is -3.19. The number of aliphatic hydroxyl groups excluding tert-OH is 1. The summed E-state index contributed by atoms with van der Waals surface area (Å²) < 4.78 is 10.8. The number of benzene rings is 1. The highest BCUT2D eigenvalue weighted by molar-refractivity contribution is 6.46. The number of hydrogen-bond acceptors (Lipinski definition) is 6. The molecule has 0 aliphatic carbocycles. The number of ketones is 1. The number of Topliss-reactive ketones (excluding diaryl/α,β-unsaturated/α-hetero) is 1. The second-order valence-electron chi connectivity index (χ2n) is 6.97. The molecule has 1 unspecified atom stereocenters. The van der Waals surface area contributed by atoms with Crippen molar-refractivity contribution in [2.75, 3.05) is 20.3 Å². The fraction of sp³-hybridized carbons (Fsp3) is 0.318. The van der Waals surface area contributed by atoms with Gasteiger partial charge in [0.05, 0.1) is 24.3 Å². The van der Waals surface area contributed by atoms with E-state index in [0.29, 0.717) is 16.9 Å². The molecule has 1 amide bonds. The Bertz CT molecular complexity index is 924. The Kier molecular flexibility index (Phi) is 6.29. The second kappa shape index (κ2) is 8.87. The van der Waals surface area contributed by atoms with Crippen LogP contribution in [0.3, 0.4) is 0 Å². The van der Waals surface area contributed by atoms with Crippen LogP contribution in [0.1, 0.15) is 31.0 Å². The number of hydrogen-bond donors (Lipinski definition) is 1. The molecule has 1 saturated heterocycles. The topological polar surface area (TPSA) is 89.0 Å². The summed E-state index contributed by atoms with van der Waals surface area (Å²) in [6.45, 7) is 4.28. The Balaban J connectivity index is 2.11. The lowest BCUT2D eigenvalue weighted by molar-refractivity contribution is -0.140. The number of rotatable bonds is 7. The van der Waals surface area contributed by atoms with Crippen LogP contribution in [0.5, 0.6) is 5.75 Å². The molecule has 2 aromatic rings. The van der Waals surface area contributed by atoms with Crippen molar-refractivity contribution in [1.29, 1.82) is 0 Å². The highest BCUT2D eigenvalue weighted by Gasteiger charge is 2.46. The molecular formula is C22H24N2O5. The van der Waals surface area contributed by atoms with Crippen LogP contribution in [0.2, 0.25) is 0 Å². The van der Waals surface area contributed by atoms with E-state index in [2.05, 4.69) is 4.98 Å². The van der Waals surface area contributed by atoms with Crippen molar-refractivity contribution < 1.29 is 24.2 Å². The summed E-state index contributed by atoms with van der Waals surface area (Å²) in [5, 5.41) is 11.0. The molecule has 29 heavy (non-hydrogen) atoms. The zero-order valence-electron chi connectivity index (χ0n) is 16.7. The van der Waals surface area contributed by atoms with Crippen LogP contribution in [-0.4, -0.2) is 53.0 Å². The van der Waals surface area contributed by atoms with E-state index in [1.807, 2.05) is 13.8 Å². The van der Waals surface area contributed by atoms with Crippen LogP contribution < -0.4 is 4.74 Å². The van der Waals surface area contributed by atoms with Gasteiger partial charge in [-0.25, -0.2) is 0 Å². The van der Waals surface area contributed by atoms with Crippen LogP contribution in [0, 0.1) is 0 Å². The molecule has 2 heterocycles. The smallest absolute Gasteiger partial charge is 0.295 e. The largest absolute Gasteiger partial charge is 0.507 e. The first-order chi connectivity index (χ1) is 13.9. The van der Waals surface area contributed by atoms with Gasteiger partial charge in [0.1, 0.15) is 11.5 Å². The summed E-state index contributed by atoms with van der Waals surface area (Å²) in [5.74, 6) is -1.09. The van der Waals surface area contributed by atoms with Crippen molar-refractivity contribution in [1.82, 2.24) is 9.88 Å². The molecule has 0 radical (unpaired) electrons. The van der Waals surface area contributed by atoms with Crippen LogP contribution in [0.4, 0.5) is 0 Å². The predicted molar refractivity (Wildman–Crippen MR) is 107 cm³/mol. The fourth-order valence-electron chi connectivity index (χ4n) is 3.33. The van der Waals surface area contributed by atoms with Gasteiger partial charge in [-0.1, -0.05) is 18.2 Å². The lowest BCUT2D eigenvalue weighted by Gasteiger charge is -2.24. The monoisotopic (exact) mass is 396 g/mol. The summed E-state index contributed by atoms with van der Waals surface area (Å²) in [7, 11) is 1.52. The van der Waals surface area contributed by atoms with Crippen molar-refractivity contribution >= 4 is 17.4 Å². The third-order valence-corrected chi connectivity index (χ3v) is 4.56. The minimum absolute atomic E-state index is 0.0285. The summed E-state index contributed by atoms with van der Waals surface area (Å²) in [6, 6.07) is 9.58. The molecule has 7 heteroatoms. The maximum Gasteiger partial charge on any atom is 0.295 e. The van der Waals surface area contributed by atoms with Gasteiger partial charge in [0, 0.05) is 31.6 Å². The second-order valence-corrected chi connectivity index (χ2v) is 6.97. The van der Waals surface area contributed by atoms with Gasteiger partial charge in [-0.05, 0) is 37.6 Å². The Morgan fingerprint density at radius 1 is 1.24 bits per heavy atom. The van der Waals surface area contributed by atoms with Crippen molar-refractivity contribution in [3.8, 4) is 5.75 Å². The van der Waals surface area contributed by atoms with Gasteiger partial charge in [-0.2, -0.15) is 0 Å². The van der Waals surface area contributed by atoms with Gasteiger partial charge in [-0.15, -0.1) is 0 Å². The molecule has 0 spiro atoms. The Morgan fingerprint density at radius 2 is 2.03 bits per heavy atom. The molecule has 3 rings (SSSR count). The predicted octanol–water partition coefficient (Wildman–Crippen LogP) is 2.94. The minimum Gasteiger partial charge on any atom is -0.507 e. The number of amides is 1. The summed E-state index contributed by atoms with van der Waals surface area (Å²) in [4.78, 5) is 31.0. The Labute approximate surface area is 169 Å². The fourth-order valence-corrected chi connectivity index (χ4v) is 3.33. The van der Waals surface area contributed by atoms with E-state index in [-0.39, 0.29) is 30.6 Å². The molecule has 1 atom stereocenters. The van der Waals surface area contributed by atoms with Crippen molar-refractivity contribution in [3.05, 3.63) is 65.5 Å². The number of pyridine rings is 1. The highest BCUT2D eigenvalue weighted by Crippen LogP contribution is 2.39. The average molecular weight is 396 g/mol. The number of aromatic nitrogens is 1. The number of likely N-dealkylation sites (tertiary alicyclic amines) is 1. The lowest BCUT2D eigenvalue weighted by Crippen LogP contribution is -2.32. The van der Waals surface area contributed by atoms with Crippen molar-refractivity contribution in [3.63, 3.8) is 0 Å². The molecular weight excluding hydrogens is 372 g/mol. The van der Waals surface area contributed by atoms with Gasteiger partial charge in [0.15, 0.2) is 0 Å². The van der Waals surface area contributed by atoms with E-state index in [4.69, 9.17) is 9.47 Å². The molecule has 1 aromatic carbocycles. The maximum absolute atomic E-state index is 12.8. The molecule has 1 N–H and O–H groups in total. The van der Waals surface area contributed by atoms with Crippen LogP contribution in [0.15, 0.2) is 54.4 Å². The normalized spacial score (nSPS) is 18.5.